The fraction of sp³-hybridized carbons (Fsp3) is 0.444. The molecular formula is C18H23N3O. The van der Waals surface area contributed by atoms with Crippen molar-refractivity contribution < 1.29 is 4.79 Å². The normalized spacial score (nSPS) is 17.9. The van der Waals surface area contributed by atoms with Crippen LogP contribution < -0.4 is 0 Å². The lowest BCUT2D eigenvalue weighted by Crippen LogP contribution is -2.36. The Hall–Kier alpha value is -2.10. The molecule has 0 spiro atoms. The zero-order valence-corrected chi connectivity index (χ0v) is 13.3. The standard InChI is InChI=1S/C18H23N3O/c1-14-13-15(9-10-19-14)7-8-16-5-3-12-21(16)18(22)17-6-4-11-20(17)2/h4,6,9-11,13,16H,3,5,7-8,12H2,1-2H3/t16-/m1/s1. The van der Waals surface area contributed by atoms with Crippen molar-refractivity contribution >= 4 is 5.91 Å². The molecule has 2 aromatic rings. The molecule has 3 heterocycles. The van der Waals surface area contributed by atoms with Crippen LogP contribution in [-0.4, -0.2) is 32.9 Å². The molecule has 1 amide bonds. The van der Waals surface area contributed by atoms with Crippen LogP contribution in [0.5, 0.6) is 0 Å². The van der Waals surface area contributed by atoms with Crippen LogP contribution in [0.25, 0.3) is 0 Å². The van der Waals surface area contributed by atoms with Crippen LogP contribution in [0.4, 0.5) is 0 Å². The Morgan fingerprint density at radius 2 is 2.27 bits per heavy atom. The molecule has 4 nitrogen and oxygen atoms in total. The summed E-state index contributed by atoms with van der Waals surface area (Å²) >= 11 is 0. The Balaban J connectivity index is 1.66. The first kappa shape index (κ1) is 14.8. The summed E-state index contributed by atoms with van der Waals surface area (Å²) in [6.07, 6.45) is 8.05. The number of carbonyl (C=O) groups excluding carboxylic acids is 1. The van der Waals surface area contributed by atoms with Gasteiger partial charge in [0.25, 0.3) is 5.91 Å². The first-order chi connectivity index (χ1) is 10.6. The maximum Gasteiger partial charge on any atom is 0.270 e. The van der Waals surface area contributed by atoms with Crippen molar-refractivity contribution in [2.45, 2.75) is 38.6 Å². The van der Waals surface area contributed by atoms with Gasteiger partial charge in [0, 0.05) is 37.7 Å². The Morgan fingerprint density at radius 1 is 1.41 bits per heavy atom. The van der Waals surface area contributed by atoms with Gasteiger partial charge in [0.2, 0.25) is 0 Å². The molecule has 22 heavy (non-hydrogen) atoms. The van der Waals surface area contributed by atoms with E-state index in [1.54, 1.807) is 0 Å². The van der Waals surface area contributed by atoms with E-state index in [9.17, 15) is 4.79 Å². The van der Waals surface area contributed by atoms with Crippen LogP contribution in [0, 0.1) is 6.92 Å². The summed E-state index contributed by atoms with van der Waals surface area (Å²) < 4.78 is 1.91. The lowest BCUT2D eigenvalue weighted by atomic mass is 10.0. The Morgan fingerprint density at radius 3 is 3.00 bits per heavy atom. The van der Waals surface area contributed by atoms with Gasteiger partial charge in [0.05, 0.1) is 0 Å². The molecule has 0 N–H and O–H groups in total. The number of rotatable bonds is 4. The number of pyridine rings is 1. The number of aryl methyl sites for hydroxylation is 3. The highest BCUT2D eigenvalue weighted by atomic mass is 16.2. The largest absolute Gasteiger partial charge is 0.347 e. The Labute approximate surface area is 131 Å². The van der Waals surface area contributed by atoms with Crippen molar-refractivity contribution in [2.75, 3.05) is 6.54 Å². The molecule has 0 aliphatic carbocycles. The van der Waals surface area contributed by atoms with Gasteiger partial charge in [-0.3, -0.25) is 9.78 Å². The Bertz CT molecular complexity index is 662. The van der Waals surface area contributed by atoms with Gasteiger partial charge in [-0.25, -0.2) is 0 Å². The van der Waals surface area contributed by atoms with E-state index in [4.69, 9.17) is 0 Å². The molecule has 0 bridgehead atoms. The third-order valence-electron chi connectivity index (χ3n) is 4.53. The predicted octanol–water partition coefficient (Wildman–Crippen LogP) is 2.97. The maximum absolute atomic E-state index is 12.7. The van der Waals surface area contributed by atoms with Gasteiger partial charge in [0.15, 0.2) is 0 Å². The molecule has 1 aliphatic heterocycles. The van der Waals surface area contributed by atoms with Crippen molar-refractivity contribution in [2.24, 2.45) is 7.05 Å². The van der Waals surface area contributed by atoms with Gasteiger partial charge in [-0.05, 0) is 62.4 Å². The molecule has 0 unspecified atom stereocenters. The zero-order valence-electron chi connectivity index (χ0n) is 13.3. The molecule has 2 aromatic heterocycles. The van der Waals surface area contributed by atoms with E-state index in [0.717, 1.165) is 43.6 Å². The average Bonchev–Trinajstić information content (AvgIpc) is 3.13. The quantitative estimate of drug-likeness (QED) is 0.870. The molecule has 1 aliphatic rings. The van der Waals surface area contributed by atoms with Crippen LogP contribution in [0.3, 0.4) is 0 Å². The summed E-state index contributed by atoms with van der Waals surface area (Å²) in [5.41, 5.74) is 3.15. The third kappa shape index (κ3) is 3.06. The van der Waals surface area contributed by atoms with Crippen molar-refractivity contribution in [1.82, 2.24) is 14.5 Å². The number of hydrogen-bond donors (Lipinski definition) is 0. The van der Waals surface area contributed by atoms with Crippen LogP contribution in [-0.2, 0) is 13.5 Å². The van der Waals surface area contributed by atoms with Crippen molar-refractivity contribution in [1.29, 1.82) is 0 Å². The molecule has 0 aromatic carbocycles. The minimum absolute atomic E-state index is 0.168. The molecular weight excluding hydrogens is 274 g/mol. The molecule has 3 rings (SSSR count). The summed E-state index contributed by atoms with van der Waals surface area (Å²) in [5, 5.41) is 0. The van der Waals surface area contributed by atoms with E-state index in [-0.39, 0.29) is 5.91 Å². The van der Waals surface area contributed by atoms with E-state index in [1.165, 1.54) is 5.56 Å². The van der Waals surface area contributed by atoms with Crippen molar-refractivity contribution in [3.05, 3.63) is 53.6 Å². The van der Waals surface area contributed by atoms with Gasteiger partial charge >= 0.3 is 0 Å². The molecule has 1 fully saturated rings. The predicted molar refractivity (Wildman–Crippen MR) is 86.8 cm³/mol. The van der Waals surface area contributed by atoms with E-state index >= 15 is 0 Å². The molecule has 1 saturated heterocycles. The number of carbonyl (C=O) groups is 1. The van der Waals surface area contributed by atoms with Crippen LogP contribution in [0.15, 0.2) is 36.7 Å². The maximum atomic E-state index is 12.7. The van der Waals surface area contributed by atoms with Gasteiger partial charge in [-0.1, -0.05) is 0 Å². The molecule has 4 heteroatoms. The highest BCUT2D eigenvalue weighted by Crippen LogP contribution is 2.24. The van der Waals surface area contributed by atoms with Gasteiger partial charge in [-0.15, -0.1) is 0 Å². The topological polar surface area (TPSA) is 38.1 Å². The van der Waals surface area contributed by atoms with Crippen LogP contribution >= 0.6 is 0 Å². The minimum atomic E-state index is 0.168. The minimum Gasteiger partial charge on any atom is -0.347 e. The van der Waals surface area contributed by atoms with Crippen molar-refractivity contribution in [3.8, 4) is 0 Å². The van der Waals surface area contributed by atoms with Gasteiger partial charge < -0.3 is 9.47 Å². The first-order valence-corrected chi connectivity index (χ1v) is 7.99. The molecule has 1 atom stereocenters. The second-order valence-electron chi connectivity index (χ2n) is 6.14. The highest BCUT2D eigenvalue weighted by molar-refractivity contribution is 5.93. The summed E-state index contributed by atoms with van der Waals surface area (Å²) in [6.45, 7) is 2.90. The SMILES string of the molecule is Cc1cc(CC[C@H]2CCCN2C(=O)c2cccn2C)ccn1. The van der Waals surface area contributed by atoms with Crippen molar-refractivity contribution in [3.63, 3.8) is 0 Å². The van der Waals surface area contributed by atoms with Gasteiger partial charge in [0.1, 0.15) is 5.69 Å². The van der Waals surface area contributed by atoms with E-state index in [0.29, 0.717) is 6.04 Å². The lowest BCUT2D eigenvalue weighted by Gasteiger charge is -2.25. The monoisotopic (exact) mass is 297 g/mol. The van der Waals surface area contributed by atoms with E-state index in [2.05, 4.69) is 22.0 Å². The summed E-state index contributed by atoms with van der Waals surface area (Å²) in [6, 6.07) is 8.40. The highest BCUT2D eigenvalue weighted by Gasteiger charge is 2.29. The summed E-state index contributed by atoms with van der Waals surface area (Å²) in [7, 11) is 1.93. The molecule has 0 radical (unpaired) electrons. The van der Waals surface area contributed by atoms with Crippen LogP contribution in [0.1, 0.15) is 41.0 Å². The second-order valence-corrected chi connectivity index (χ2v) is 6.14. The number of likely N-dealkylation sites (tertiary alicyclic amines) is 1. The molecule has 116 valence electrons. The fourth-order valence-corrected chi connectivity index (χ4v) is 3.33. The van der Waals surface area contributed by atoms with Crippen LogP contribution in [0.2, 0.25) is 0 Å². The summed E-state index contributed by atoms with van der Waals surface area (Å²) in [5.74, 6) is 0.168. The lowest BCUT2D eigenvalue weighted by molar-refractivity contribution is 0.0721. The second kappa shape index (κ2) is 6.34. The molecule has 0 saturated carbocycles. The Kier molecular flexibility index (Phi) is 4.27. The average molecular weight is 297 g/mol. The van der Waals surface area contributed by atoms with Gasteiger partial charge in [-0.2, -0.15) is 0 Å². The van der Waals surface area contributed by atoms with E-state index in [1.807, 2.05) is 43.1 Å². The first-order valence-electron chi connectivity index (χ1n) is 7.99. The summed E-state index contributed by atoms with van der Waals surface area (Å²) in [4.78, 5) is 19.0. The number of hydrogen-bond acceptors (Lipinski definition) is 2. The fourth-order valence-electron chi connectivity index (χ4n) is 3.33. The number of aromatic nitrogens is 2. The number of amides is 1. The number of nitrogens with zero attached hydrogens (tertiary/aromatic N) is 3. The van der Waals surface area contributed by atoms with E-state index < -0.39 is 0 Å². The third-order valence-corrected chi connectivity index (χ3v) is 4.53. The zero-order chi connectivity index (χ0) is 15.5. The smallest absolute Gasteiger partial charge is 0.270 e.